The summed E-state index contributed by atoms with van der Waals surface area (Å²) in [6, 6.07) is 12.7. The zero-order valence-electron chi connectivity index (χ0n) is 18.7. The molecule has 6 nitrogen and oxygen atoms in total. The predicted molar refractivity (Wildman–Crippen MR) is 131 cm³/mol. The number of halogens is 2. The Bertz CT molecular complexity index is 1270. The number of nitrogens with zero attached hydrogens (tertiary/aromatic N) is 2. The summed E-state index contributed by atoms with van der Waals surface area (Å²) in [6.45, 7) is 5.73. The highest BCUT2D eigenvalue weighted by atomic mass is 35.5. The number of hydrogen-bond donors (Lipinski definition) is 1. The normalized spacial score (nSPS) is 17.0. The summed E-state index contributed by atoms with van der Waals surface area (Å²) in [5.74, 6) is 0.284. The molecule has 1 aliphatic rings. The topological polar surface area (TPSA) is 73.2 Å². The number of rotatable bonds is 6. The maximum Gasteiger partial charge on any atom is 0.302 e. The minimum atomic E-state index is -0.379. The summed E-state index contributed by atoms with van der Waals surface area (Å²) >= 11 is 12.4. The highest BCUT2D eigenvalue weighted by molar-refractivity contribution is 6.36. The minimum Gasteiger partial charge on any atom is -0.460 e. The van der Waals surface area contributed by atoms with Crippen LogP contribution in [0.4, 0.5) is 5.82 Å². The number of nitrogens with one attached hydrogen (secondary N) is 1. The fourth-order valence-corrected chi connectivity index (χ4v) is 4.88. The van der Waals surface area contributed by atoms with Crippen molar-refractivity contribution in [2.45, 2.75) is 52.3 Å². The van der Waals surface area contributed by atoms with Gasteiger partial charge in [0, 0.05) is 30.5 Å². The smallest absolute Gasteiger partial charge is 0.302 e. The van der Waals surface area contributed by atoms with Crippen LogP contribution < -0.4 is 10.9 Å². The van der Waals surface area contributed by atoms with E-state index in [1.807, 2.05) is 38.1 Å². The van der Waals surface area contributed by atoms with Crippen LogP contribution in [0.2, 0.25) is 10.0 Å². The van der Waals surface area contributed by atoms with Gasteiger partial charge in [-0.05, 0) is 42.7 Å². The van der Waals surface area contributed by atoms with Gasteiger partial charge in [-0.1, -0.05) is 54.4 Å². The third kappa shape index (κ3) is 4.50. The minimum absolute atomic E-state index is 0.253. The largest absolute Gasteiger partial charge is 0.460 e. The van der Waals surface area contributed by atoms with Crippen molar-refractivity contribution in [1.82, 2.24) is 9.55 Å². The van der Waals surface area contributed by atoms with Gasteiger partial charge in [-0.25, -0.2) is 4.98 Å². The first-order chi connectivity index (χ1) is 15.8. The molecule has 1 aromatic heterocycles. The van der Waals surface area contributed by atoms with E-state index in [2.05, 4.69) is 5.32 Å². The number of esters is 1. The van der Waals surface area contributed by atoms with Crippen molar-refractivity contribution in [2.75, 3.05) is 5.32 Å². The zero-order chi connectivity index (χ0) is 23.7. The van der Waals surface area contributed by atoms with Gasteiger partial charge in [-0.15, -0.1) is 0 Å². The quantitative estimate of drug-likeness (QED) is 0.470. The van der Waals surface area contributed by atoms with E-state index in [9.17, 15) is 9.59 Å². The second-order valence-electron chi connectivity index (χ2n) is 7.96. The number of carbonyl (C=O) groups is 1. The van der Waals surface area contributed by atoms with Gasteiger partial charge in [0.25, 0.3) is 5.56 Å². The molecule has 8 heteroatoms. The fourth-order valence-electron chi connectivity index (χ4n) is 4.39. The lowest BCUT2D eigenvalue weighted by molar-refractivity contribution is -0.146. The molecule has 0 aliphatic heterocycles. The standard InChI is InChI=1S/C25H25Cl2N3O3/c1-4-20-24(29-22-17-9-7-6-8-15(17)12-21(22)33-14(3)31)30(5-2)25(32)23(28-20)18-11-10-16(26)13-19(18)27/h6-11,13,21-22,29H,4-5,12H2,1-3H3/t21-,22+/m0/s1. The number of fused-ring (bicyclic) bond motifs is 1. The first-order valence-electron chi connectivity index (χ1n) is 10.9. The predicted octanol–water partition coefficient (Wildman–Crippen LogP) is 5.44. The number of benzene rings is 2. The molecule has 0 saturated carbocycles. The first-order valence-corrected chi connectivity index (χ1v) is 11.7. The Hall–Kier alpha value is -2.83. The van der Waals surface area contributed by atoms with Crippen molar-refractivity contribution in [2.24, 2.45) is 0 Å². The second-order valence-corrected chi connectivity index (χ2v) is 8.80. The fraction of sp³-hybridized carbons (Fsp3) is 0.320. The van der Waals surface area contributed by atoms with E-state index in [1.54, 1.807) is 22.8 Å². The molecule has 0 radical (unpaired) electrons. The van der Waals surface area contributed by atoms with Gasteiger partial charge in [0.05, 0.1) is 16.8 Å². The molecular weight excluding hydrogens is 461 g/mol. The number of hydrogen-bond acceptors (Lipinski definition) is 5. The highest BCUT2D eigenvalue weighted by Gasteiger charge is 2.35. The molecule has 0 unspecified atom stereocenters. The summed E-state index contributed by atoms with van der Waals surface area (Å²) in [5, 5.41) is 4.37. The molecule has 4 rings (SSSR count). The van der Waals surface area contributed by atoms with E-state index >= 15 is 0 Å². The Balaban J connectivity index is 1.83. The van der Waals surface area contributed by atoms with Crippen LogP contribution in [0.25, 0.3) is 11.3 Å². The molecule has 3 aromatic rings. The molecule has 1 heterocycles. The van der Waals surface area contributed by atoms with Crippen molar-refractivity contribution in [3.05, 3.63) is 79.7 Å². The summed E-state index contributed by atoms with van der Waals surface area (Å²) in [4.78, 5) is 30.0. The van der Waals surface area contributed by atoms with E-state index in [0.29, 0.717) is 40.8 Å². The van der Waals surface area contributed by atoms with Gasteiger partial charge in [-0.3, -0.25) is 14.2 Å². The maximum absolute atomic E-state index is 13.5. The van der Waals surface area contributed by atoms with Crippen molar-refractivity contribution < 1.29 is 9.53 Å². The lowest BCUT2D eigenvalue weighted by Crippen LogP contribution is -2.32. The van der Waals surface area contributed by atoms with Gasteiger partial charge < -0.3 is 10.1 Å². The second kappa shape index (κ2) is 9.57. The molecule has 2 atom stereocenters. The molecule has 1 N–H and O–H groups in total. The van der Waals surface area contributed by atoms with Crippen LogP contribution in [-0.2, 0) is 28.9 Å². The Labute approximate surface area is 202 Å². The van der Waals surface area contributed by atoms with Crippen LogP contribution in [0.1, 0.15) is 43.6 Å². The Morgan fingerprint density at radius 3 is 2.64 bits per heavy atom. The van der Waals surface area contributed by atoms with Crippen LogP contribution in [-0.4, -0.2) is 21.6 Å². The summed E-state index contributed by atoms with van der Waals surface area (Å²) < 4.78 is 7.30. The van der Waals surface area contributed by atoms with Gasteiger partial charge in [-0.2, -0.15) is 0 Å². The van der Waals surface area contributed by atoms with Crippen LogP contribution in [0.3, 0.4) is 0 Å². The SMILES string of the molecule is CCc1nc(-c2ccc(Cl)cc2Cl)c(=O)n(CC)c1N[C@@H]1c2ccccc2C[C@@H]1OC(C)=O. The number of carbonyl (C=O) groups excluding carboxylic acids is 1. The van der Waals surface area contributed by atoms with Gasteiger partial charge in [0.1, 0.15) is 17.6 Å². The Kier molecular flexibility index (Phi) is 6.77. The monoisotopic (exact) mass is 485 g/mol. The molecule has 2 aromatic carbocycles. The van der Waals surface area contributed by atoms with E-state index in [0.717, 1.165) is 16.8 Å². The molecule has 0 saturated heterocycles. The van der Waals surface area contributed by atoms with Crippen LogP contribution >= 0.6 is 23.2 Å². The van der Waals surface area contributed by atoms with Crippen molar-refractivity contribution >= 4 is 35.0 Å². The first kappa shape index (κ1) is 23.3. The molecule has 0 bridgehead atoms. The summed E-state index contributed by atoms with van der Waals surface area (Å²) in [6.07, 6.45) is 0.820. The Morgan fingerprint density at radius 1 is 1.21 bits per heavy atom. The lowest BCUT2D eigenvalue weighted by atomic mass is 10.1. The van der Waals surface area contributed by atoms with Crippen LogP contribution in [0.5, 0.6) is 0 Å². The number of aryl methyl sites for hydroxylation is 1. The molecule has 0 fully saturated rings. The molecule has 0 amide bonds. The number of aromatic nitrogens is 2. The van der Waals surface area contributed by atoms with E-state index in [-0.39, 0.29) is 29.4 Å². The van der Waals surface area contributed by atoms with Crippen LogP contribution in [0.15, 0.2) is 47.3 Å². The van der Waals surface area contributed by atoms with Gasteiger partial charge >= 0.3 is 5.97 Å². The third-order valence-electron chi connectivity index (χ3n) is 5.87. The average molecular weight is 486 g/mol. The summed E-state index contributed by atoms with van der Waals surface area (Å²) in [5.41, 5.74) is 3.45. The third-order valence-corrected chi connectivity index (χ3v) is 6.42. The number of ether oxygens (including phenoxy) is 1. The molecular formula is C25H25Cl2N3O3. The van der Waals surface area contributed by atoms with Crippen LogP contribution in [0, 0.1) is 0 Å². The van der Waals surface area contributed by atoms with Gasteiger partial charge in [0.15, 0.2) is 0 Å². The van der Waals surface area contributed by atoms with Crippen molar-refractivity contribution in [3.8, 4) is 11.3 Å². The average Bonchev–Trinajstić information content (AvgIpc) is 3.11. The van der Waals surface area contributed by atoms with E-state index < -0.39 is 0 Å². The summed E-state index contributed by atoms with van der Waals surface area (Å²) in [7, 11) is 0. The van der Waals surface area contributed by atoms with Gasteiger partial charge in [0.2, 0.25) is 0 Å². The highest BCUT2D eigenvalue weighted by Crippen LogP contribution is 2.37. The van der Waals surface area contributed by atoms with E-state index in [1.165, 1.54) is 6.92 Å². The van der Waals surface area contributed by atoms with Crippen molar-refractivity contribution in [1.29, 1.82) is 0 Å². The Morgan fingerprint density at radius 2 is 1.97 bits per heavy atom. The number of anilines is 1. The zero-order valence-corrected chi connectivity index (χ0v) is 20.2. The molecule has 172 valence electrons. The molecule has 33 heavy (non-hydrogen) atoms. The lowest BCUT2D eigenvalue weighted by Gasteiger charge is -2.26. The molecule has 0 spiro atoms. The molecule has 1 aliphatic carbocycles. The van der Waals surface area contributed by atoms with Crippen molar-refractivity contribution in [3.63, 3.8) is 0 Å². The maximum atomic E-state index is 13.5. The van der Waals surface area contributed by atoms with E-state index in [4.69, 9.17) is 32.9 Å².